The molecule has 3 aromatic rings. The van der Waals surface area contributed by atoms with Crippen LogP contribution in [0.2, 0.25) is 0 Å². The molecule has 0 saturated heterocycles. The summed E-state index contributed by atoms with van der Waals surface area (Å²) in [6.07, 6.45) is 4.15. The second-order valence-corrected chi connectivity index (χ2v) is 6.99. The van der Waals surface area contributed by atoms with Crippen molar-refractivity contribution < 1.29 is 9.15 Å². The van der Waals surface area contributed by atoms with Crippen molar-refractivity contribution in [1.82, 2.24) is 9.97 Å². The van der Waals surface area contributed by atoms with Gasteiger partial charge in [0.1, 0.15) is 18.6 Å². The molecule has 0 fully saturated rings. The van der Waals surface area contributed by atoms with E-state index in [1.54, 1.807) is 23.1 Å². The minimum absolute atomic E-state index is 0.332. The molecule has 0 amide bonds. The van der Waals surface area contributed by atoms with Gasteiger partial charge >= 0.3 is 0 Å². The molecule has 3 rings (SSSR count). The van der Waals surface area contributed by atoms with Gasteiger partial charge in [-0.1, -0.05) is 13.8 Å². The molecule has 2 heterocycles. The highest BCUT2D eigenvalue weighted by atomic mass is 32.1. The number of aryl methyl sites for hydroxylation is 1. The van der Waals surface area contributed by atoms with Crippen LogP contribution in [0.3, 0.4) is 0 Å². The van der Waals surface area contributed by atoms with Gasteiger partial charge in [0.2, 0.25) is 5.89 Å². The Kier molecular flexibility index (Phi) is 6.17. The van der Waals surface area contributed by atoms with Crippen LogP contribution in [-0.4, -0.2) is 15.7 Å². The van der Waals surface area contributed by atoms with E-state index in [9.17, 15) is 0 Å². The number of nitrogens with zero attached hydrogens (tertiary/aromatic N) is 2. The molecule has 2 aromatic heterocycles. The van der Waals surface area contributed by atoms with E-state index in [2.05, 4.69) is 23.8 Å². The van der Waals surface area contributed by atoms with Gasteiger partial charge in [0, 0.05) is 16.7 Å². The molecular weight excluding hydrogens is 346 g/mol. The fraction of sp³-hybridized carbons (Fsp3) is 0.350. The summed E-state index contributed by atoms with van der Waals surface area (Å²) in [5, 5.41) is 10.0. The first kappa shape index (κ1) is 18.3. The normalized spacial score (nSPS) is 12.1. The fourth-order valence-corrected chi connectivity index (χ4v) is 3.01. The predicted octanol–water partition coefficient (Wildman–Crippen LogP) is 5.38. The molecular formula is C20H23N3O2S. The quantitative estimate of drug-likeness (QED) is 0.514. The number of rotatable bonds is 9. The van der Waals surface area contributed by atoms with Gasteiger partial charge in [-0.05, 0) is 49.4 Å². The predicted molar refractivity (Wildman–Crippen MR) is 104 cm³/mol. The van der Waals surface area contributed by atoms with Crippen LogP contribution in [0.25, 0.3) is 11.5 Å². The highest BCUT2D eigenvalue weighted by molar-refractivity contribution is 7.07. The lowest BCUT2D eigenvalue weighted by atomic mass is 9.98. The van der Waals surface area contributed by atoms with Gasteiger partial charge in [-0.3, -0.25) is 0 Å². The van der Waals surface area contributed by atoms with Crippen molar-refractivity contribution in [2.75, 3.05) is 0 Å². The van der Waals surface area contributed by atoms with Crippen LogP contribution in [0, 0.1) is 11.3 Å². The average Bonchev–Trinajstić information content (AvgIpc) is 3.36. The first-order valence-electron chi connectivity index (χ1n) is 8.77. The standard InChI is InChI=1S/C20H23N3O2S/c1-3-14(2)19(21)9-6-16-10-25-20(23-16)15-4-7-18(8-5-15)24-11-17-12-26-13-22-17/h4-5,7-8,10,12-14,21H,3,6,9,11H2,1-2H3/t14-/m1/s1. The van der Waals surface area contributed by atoms with Crippen LogP contribution in [0.5, 0.6) is 5.75 Å². The Morgan fingerprint density at radius 2 is 2.08 bits per heavy atom. The van der Waals surface area contributed by atoms with E-state index >= 15 is 0 Å². The van der Waals surface area contributed by atoms with Gasteiger partial charge < -0.3 is 14.6 Å². The average molecular weight is 369 g/mol. The number of nitrogens with one attached hydrogen (secondary N) is 1. The monoisotopic (exact) mass is 369 g/mol. The third kappa shape index (κ3) is 4.79. The van der Waals surface area contributed by atoms with Gasteiger partial charge in [0.15, 0.2) is 0 Å². The SMILES string of the molecule is CC[C@@H](C)C(=N)CCc1coc(-c2ccc(OCc3cscn3)cc2)n1. The van der Waals surface area contributed by atoms with Crippen molar-refractivity contribution in [2.45, 2.75) is 39.7 Å². The Balaban J connectivity index is 1.56. The summed E-state index contributed by atoms with van der Waals surface area (Å²) in [7, 11) is 0. The lowest BCUT2D eigenvalue weighted by Crippen LogP contribution is -2.09. The number of aromatic nitrogens is 2. The molecule has 6 heteroatoms. The van der Waals surface area contributed by atoms with Crippen molar-refractivity contribution >= 4 is 17.0 Å². The molecule has 0 bridgehead atoms. The maximum absolute atomic E-state index is 8.05. The third-order valence-electron chi connectivity index (χ3n) is 4.38. The Labute approximate surface area is 157 Å². The Morgan fingerprint density at radius 1 is 1.27 bits per heavy atom. The fourth-order valence-electron chi connectivity index (χ4n) is 2.47. The van der Waals surface area contributed by atoms with E-state index in [-0.39, 0.29) is 0 Å². The summed E-state index contributed by atoms with van der Waals surface area (Å²) in [5.41, 5.74) is 5.30. The molecule has 1 aromatic carbocycles. The van der Waals surface area contributed by atoms with Gasteiger partial charge in [-0.2, -0.15) is 0 Å². The number of ether oxygens (including phenoxy) is 1. The highest BCUT2D eigenvalue weighted by Gasteiger charge is 2.10. The minimum atomic E-state index is 0.332. The third-order valence-corrected chi connectivity index (χ3v) is 5.02. The number of oxazole rings is 1. The maximum atomic E-state index is 8.05. The molecule has 0 unspecified atom stereocenters. The van der Waals surface area contributed by atoms with Crippen LogP contribution in [0.15, 0.2) is 45.8 Å². The molecule has 0 radical (unpaired) electrons. The summed E-state index contributed by atoms with van der Waals surface area (Å²) in [4.78, 5) is 8.74. The zero-order valence-corrected chi connectivity index (χ0v) is 15.9. The number of hydrogen-bond acceptors (Lipinski definition) is 6. The molecule has 0 spiro atoms. The highest BCUT2D eigenvalue weighted by Crippen LogP contribution is 2.23. The van der Waals surface area contributed by atoms with Crippen molar-refractivity contribution in [1.29, 1.82) is 5.41 Å². The van der Waals surface area contributed by atoms with Crippen molar-refractivity contribution in [3.63, 3.8) is 0 Å². The minimum Gasteiger partial charge on any atom is -0.487 e. The number of thiazole rings is 1. The summed E-state index contributed by atoms with van der Waals surface area (Å²) in [5.74, 6) is 1.72. The summed E-state index contributed by atoms with van der Waals surface area (Å²) < 4.78 is 11.3. The van der Waals surface area contributed by atoms with Crippen LogP contribution in [0.1, 0.15) is 38.1 Å². The second kappa shape index (κ2) is 8.76. The lowest BCUT2D eigenvalue weighted by molar-refractivity contribution is 0.302. The zero-order valence-electron chi connectivity index (χ0n) is 15.1. The molecule has 5 nitrogen and oxygen atoms in total. The van der Waals surface area contributed by atoms with Gasteiger partial charge in [0.25, 0.3) is 0 Å². The van der Waals surface area contributed by atoms with E-state index in [0.717, 1.165) is 47.7 Å². The molecule has 1 N–H and O–H groups in total. The lowest BCUT2D eigenvalue weighted by Gasteiger charge is -2.08. The summed E-state index contributed by atoms with van der Waals surface area (Å²) >= 11 is 1.56. The molecule has 0 saturated carbocycles. The Morgan fingerprint density at radius 3 is 2.77 bits per heavy atom. The smallest absolute Gasteiger partial charge is 0.226 e. The zero-order chi connectivity index (χ0) is 18.4. The summed E-state index contributed by atoms with van der Waals surface area (Å²) in [6.45, 7) is 4.67. The maximum Gasteiger partial charge on any atom is 0.226 e. The van der Waals surface area contributed by atoms with E-state index in [1.165, 1.54) is 0 Å². The molecule has 136 valence electrons. The van der Waals surface area contributed by atoms with Crippen molar-refractivity contribution in [3.8, 4) is 17.2 Å². The van der Waals surface area contributed by atoms with Crippen LogP contribution in [-0.2, 0) is 13.0 Å². The van der Waals surface area contributed by atoms with E-state index in [0.29, 0.717) is 18.4 Å². The van der Waals surface area contributed by atoms with Crippen molar-refractivity contribution in [2.24, 2.45) is 5.92 Å². The van der Waals surface area contributed by atoms with Crippen LogP contribution < -0.4 is 4.74 Å². The van der Waals surface area contributed by atoms with Crippen LogP contribution in [0.4, 0.5) is 0 Å². The first-order valence-corrected chi connectivity index (χ1v) is 9.72. The van der Waals surface area contributed by atoms with Gasteiger partial charge in [-0.25, -0.2) is 9.97 Å². The Bertz CT molecular complexity index is 825. The molecule has 0 aliphatic heterocycles. The second-order valence-electron chi connectivity index (χ2n) is 6.27. The topological polar surface area (TPSA) is 72.0 Å². The molecule has 1 atom stereocenters. The largest absolute Gasteiger partial charge is 0.487 e. The molecule has 0 aliphatic rings. The molecule has 0 aliphatic carbocycles. The van der Waals surface area contributed by atoms with Crippen LogP contribution >= 0.6 is 11.3 Å². The number of hydrogen-bond donors (Lipinski definition) is 1. The van der Waals surface area contributed by atoms with E-state index < -0.39 is 0 Å². The van der Waals surface area contributed by atoms with Gasteiger partial charge in [0.05, 0.1) is 16.9 Å². The number of benzene rings is 1. The Hall–Kier alpha value is -2.47. The van der Waals surface area contributed by atoms with E-state index in [4.69, 9.17) is 14.6 Å². The van der Waals surface area contributed by atoms with E-state index in [1.807, 2.05) is 29.6 Å². The summed E-state index contributed by atoms with van der Waals surface area (Å²) in [6, 6.07) is 7.69. The van der Waals surface area contributed by atoms with Crippen molar-refractivity contribution in [3.05, 3.63) is 52.8 Å². The first-order chi connectivity index (χ1) is 12.7. The van der Waals surface area contributed by atoms with Gasteiger partial charge in [-0.15, -0.1) is 11.3 Å². The molecule has 26 heavy (non-hydrogen) atoms.